The zero-order valence-corrected chi connectivity index (χ0v) is 14.1. The van der Waals surface area contributed by atoms with E-state index >= 15 is 0 Å². The van der Waals surface area contributed by atoms with Gasteiger partial charge in [-0.15, -0.1) is 0 Å². The SMILES string of the molecule is CC(C)CC1(CNS(=O)(=O)c2cc(Br)cnc2N)CC1. The van der Waals surface area contributed by atoms with Gasteiger partial charge in [0.05, 0.1) is 0 Å². The maximum absolute atomic E-state index is 12.3. The molecule has 0 bridgehead atoms. The first-order chi connectivity index (χ1) is 9.24. The van der Waals surface area contributed by atoms with E-state index in [0.717, 1.165) is 19.3 Å². The van der Waals surface area contributed by atoms with E-state index in [1.165, 1.54) is 12.3 Å². The van der Waals surface area contributed by atoms with Crippen LogP contribution < -0.4 is 10.5 Å². The van der Waals surface area contributed by atoms with Crippen molar-refractivity contribution in [1.82, 2.24) is 9.71 Å². The lowest BCUT2D eigenvalue weighted by Crippen LogP contribution is -2.31. The Morgan fingerprint density at radius 2 is 2.15 bits per heavy atom. The molecule has 1 aliphatic rings. The molecule has 0 atom stereocenters. The highest BCUT2D eigenvalue weighted by Crippen LogP contribution is 2.50. The number of anilines is 1. The number of hydrogen-bond acceptors (Lipinski definition) is 4. The summed E-state index contributed by atoms with van der Waals surface area (Å²) in [4.78, 5) is 3.90. The molecular formula is C13H20BrN3O2S. The van der Waals surface area contributed by atoms with Crippen LogP contribution in [0.2, 0.25) is 0 Å². The smallest absolute Gasteiger partial charge is 0.244 e. The second-order valence-electron chi connectivity index (χ2n) is 5.96. The van der Waals surface area contributed by atoms with Crippen molar-refractivity contribution in [3.8, 4) is 0 Å². The van der Waals surface area contributed by atoms with Gasteiger partial charge in [0.2, 0.25) is 10.0 Å². The van der Waals surface area contributed by atoms with Gasteiger partial charge in [0.25, 0.3) is 0 Å². The molecule has 20 heavy (non-hydrogen) atoms. The van der Waals surface area contributed by atoms with Gasteiger partial charge in [-0.05, 0) is 52.6 Å². The Labute approximate surface area is 128 Å². The predicted octanol–water partition coefficient (Wildman–Crippen LogP) is 2.53. The molecule has 7 heteroatoms. The van der Waals surface area contributed by atoms with Gasteiger partial charge >= 0.3 is 0 Å². The molecule has 0 radical (unpaired) electrons. The Bertz CT molecular complexity index is 598. The molecule has 0 spiro atoms. The van der Waals surface area contributed by atoms with Crippen LogP contribution in [0.25, 0.3) is 0 Å². The monoisotopic (exact) mass is 361 g/mol. The summed E-state index contributed by atoms with van der Waals surface area (Å²) in [5.74, 6) is 0.592. The third-order valence-electron chi connectivity index (χ3n) is 3.57. The van der Waals surface area contributed by atoms with Gasteiger partial charge in [-0.1, -0.05) is 13.8 Å². The number of nitrogens with one attached hydrogen (secondary N) is 1. The first kappa shape index (κ1) is 15.7. The molecule has 3 N–H and O–H groups in total. The van der Waals surface area contributed by atoms with E-state index in [4.69, 9.17) is 5.73 Å². The lowest BCUT2D eigenvalue weighted by atomic mass is 9.95. The summed E-state index contributed by atoms with van der Waals surface area (Å²) in [5.41, 5.74) is 5.79. The van der Waals surface area contributed by atoms with Crippen LogP contribution in [-0.2, 0) is 10.0 Å². The number of hydrogen-bond donors (Lipinski definition) is 2. The minimum atomic E-state index is -3.61. The lowest BCUT2D eigenvalue weighted by molar-refractivity contribution is 0.386. The number of nitrogens with zero attached hydrogens (tertiary/aromatic N) is 1. The molecule has 1 aromatic heterocycles. The van der Waals surface area contributed by atoms with E-state index in [1.807, 2.05) is 0 Å². The molecule has 1 heterocycles. The van der Waals surface area contributed by atoms with E-state index in [1.54, 1.807) is 0 Å². The molecule has 1 saturated carbocycles. The average molecular weight is 362 g/mol. The van der Waals surface area contributed by atoms with E-state index < -0.39 is 10.0 Å². The fourth-order valence-electron chi connectivity index (χ4n) is 2.47. The maximum Gasteiger partial charge on any atom is 0.244 e. The van der Waals surface area contributed by atoms with Crippen LogP contribution >= 0.6 is 15.9 Å². The molecule has 0 aliphatic heterocycles. The van der Waals surface area contributed by atoms with E-state index in [9.17, 15) is 8.42 Å². The lowest BCUT2D eigenvalue weighted by Gasteiger charge is -2.18. The Hall–Kier alpha value is -0.660. The van der Waals surface area contributed by atoms with Gasteiger partial charge in [0.15, 0.2) is 0 Å². The van der Waals surface area contributed by atoms with Gasteiger partial charge in [0, 0.05) is 17.2 Å². The highest BCUT2D eigenvalue weighted by Gasteiger charge is 2.43. The molecule has 5 nitrogen and oxygen atoms in total. The Balaban J connectivity index is 2.10. The quantitative estimate of drug-likeness (QED) is 0.814. The number of rotatable bonds is 6. The van der Waals surface area contributed by atoms with Crippen molar-refractivity contribution in [3.05, 3.63) is 16.7 Å². The highest BCUT2D eigenvalue weighted by molar-refractivity contribution is 9.10. The number of pyridine rings is 1. The Kier molecular flexibility index (Phi) is 4.41. The van der Waals surface area contributed by atoms with Gasteiger partial charge in [0.1, 0.15) is 10.7 Å². The van der Waals surface area contributed by atoms with Crippen molar-refractivity contribution in [3.63, 3.8) is 0 Å². The van der Waals surface area contributed by atoms with Crippen LogP contribution in [0.1, 0.15) is 33.1 Å². The average Bonchev–Trinajstić information content (AvgIpc) is 3.09. The molecule has 0 amide bonds. The summed E-state index contributed by atoms with van der Waals surface area (Å²) in [6.07, 6.45) is 4.69. The predicted molar refractivity (Wildman–Crippen MR) is 82.7 cm³/mol. The van der Waals surface area contributed by atoms with E-state index in [0.29, 0.717) is 16.9 Å². The molecule has 0 aromatic carbocycles. The third-order valence-corrected chi connectivity index (χ3v) is 5.44. The number of sulfonamides is 1. The molecule has 112 valence electrons. The normalized spacial score (nSPS) is 17.4. The second-order valence-corrected chi connectivity index (χ2v) is 8.61. The minimum Gasteiger partial charge on any atom is -0.383 e. The highest BCUT2D eigenvalue weighted by atomic mass is 79.9. The van der Waals surface area contributed by atoms with Crippen molar-refractivity contribution >= 4 is 31.8 Å². The standard InChI is InChI=1S/C13H20BrN3O2S/c1-9(2)6-13(3-4-13)8-17-20(18,19)11-5-10(14)7-16-12(11)15/h5,7,9,17H,3-4,6,8H2,1-2H3,(H2,15,16). The molecule has 0 saturated heterocycles. The fourth-order valence-corrected chi connectivity index (χ4v) is 4.21. The zero-order chi connectivity index (χ0) is 15.0. The van der Waals surface area contributed by atoms with E-state index in [-0.39, 0.29) is 16.1 Å². The van der Waals surface area contributed by atoms with Crippen LogP contribution in [-0.4, -0.2) is 19.9 Å². The Morgan fingerprint density at radius 1 is 1.50 bits per heavy atom. The van der Waals surface area contributed by atoms with Crippen LogP contribution in [0.4, 0.5) is 5.82 Å². The van der Waals surface area contributed by atoms with E-state index in [2.05, 4.69) is 39.5 Å². The fraction of sp³-hybridized carbons (Fsp3) is 0.615. The molecule has 0 unspecified atom stereocenters. The van der Waals surface area contributed by atoms with Gasteiger partial charge in [-0.25, -0.2) is 18.1 Å². The maximum atomic E-state index is 12.3. The number of halogens is 1. The van der Waals surface area contributed by atoms with Crippen molar-refractivity contribution in [2.45, 2.75) is 38.0 Å². The third kappa shape index (κ3) is 3.71. The summed E-state index contributed by atoms with van der Waals surface area (Å²) in [6.45, 7) is 4.79. The van der Waals surface area contributed by atoms with Crippen LogP contribution in [0, 0.1) is 11.3 Å². The van der Waals surface area contributed by atoms with Crippen molar-refractivity contribution < 1.29 is 8.42 Å². The molecule has 1 fully saturated rings. The minimum absolute atomic E-state index is 0.0226. The van der Waals surface area contributed by atoms with Crippen LogP contribution in [0.5, 0.6) is 0 Å². The molecular weight excluding hydrogens is 342 g/mol. The van der Waals surface area contributed by atoms with Crippen molar-refractivity contribution in [2.24, 2.45) is 11.3 Å². The molecule has 1 aliphatic carbocycles. The van der Waals surface area contributed by atoms with Gasteiger partial charge in [-0.2, -0.15) is 0 Å². The van der Waals surface area contributed by atoms with Gasteiger partial charge in [-0.3, -0.25) is 0 Å². The van der Waals surface area contributed by atoms with Crippen LogP contribution in [0.3, 0.4) is 0 Å². The summed E-state index contributed by atoms with van der Waals surface area (Å²) < 4.78 is 27.9. The van der Waals surface area contributed by atoms with Crippen molar-refractivity contribution in [1.29, 1.82) is 0 Å². The summed E-state index contributed by atoms with van der Waals surface area (Å²) in [6, 6.07) is 1.48. The number of aromatic nitrogens is 1. The molecule has 1 aromatic rings. The van der Waals surface area contributed by atoms with Crippen LogP contribution in [0.15, 0.2) is 21.6 Å². The summed E-state index contributed by atoms with van der Waals surface area (Å²) in [7, 11) is -3.61. The topological polar surface area (TPSA) is 85.1 Å². The summed E-state index contributed by atoms with van der Waals surface area (Å²) >= 11 is 3.21. The summed E-state index contributed by atoms with van der Waals surface area (Å²) in [5, 5.41) is 0. The van der Waals surface area contributed by atoms with Crippen molar-refractivity contribution in [2.75, 3.05) is 12.3 Å². The number of nitrogens with two attached hydrogens (primary N) is 1. The van der Waals surface area contributed by atoms with Gasteiger partial charge < -0.3 is 5.73 Å². The number of nitrogen functional groups attached to an aromatic ring is 1. The Morgan fingerprint density at radius 3 is 2.70 bits per heavy atom. The largest absolute Gasteiger partial charge is 0.383 e. The first-order valence-electron chi connectivity index (χ1n) is 6.65. The molecule has 2 rings (SSSR count). The second kappa shape index (κ2) is 5.61. The first-order valence-corrected chi connectivity index (χ1v) is 8.92. The zero-order valence-electron chi connectivity index (χ0n) is 11.7.